The highest BCUT2D eigenvalue weighted by Gasteiger charge is 2.49. The predicted octanol–water partition coefficient (Wildman–Crippen LogP) is 3.54. The van der Waals surface area contributed by atoms with Crippen LogP contribution >= 0.6 is 0 Å². The zero-order valence-corrected chi connectivity index (χ0v) is 14.2. The summed E-state index contributed by atoms with van der Waals surface area (Å²) in [7, 11) is 0. The molecule has 1 heterocycles. The molecule has 27 heavy (non-hydrogen) atoms. The van der Waals surface area contributed by atoms with Crippen molar-refractivity contribution >= 4 is 11.9 Å². The Morgan fingerprint density at radius 3 is 2.41 bits per heavy atom. The van der Waals surface area contributed by atoms with Crippen LogP contribution < -0.4 is 5.32 Å². The number of hydrogen-bond donors (Lipinski definition) is 1. The fourth-order valence-electron chi connectivity index (χ4n) is 2.91. The number of halogens is 3. The van der Waals surface area contributed by atoms with Crippen molar-refractivity contribution in [3.63, 3.8) is 0 Å². The summed E-state index contributed by atoms with van der Waals surface area (Å²) >= 11 is 0. The number of nitrogens with one attached hydrogen (secondary N) is 1. The van der Waals surface area contributed by atoms with Crippen LogP contribution in [0.15, 0.2) is 48.5 Å². The second-order valence-electron chi connectivity index (χ2n) is 6.33. The summed E-state index contributed by atoms with van der Waals surface area (Å²) in [4.78, 5) is 26.1. The van der Waals surface area contributed by atoms with E-state index in [1.165, 1.54) is 19.1 Å². The molecule has 0 radical (unpaired) electrons. The lowest BCUT2D eigenvalue weighted by Gasteiger charge is -2.23. The van der Waals surface area contributed by atoms with Crippen LogP contribution in [0.1, 0.15) is 29.2 Å². The van der Waals surface area contributed by atoms with E-state index in [4.69, 9.17) is 5.26 Å². The molecule has 2 aromatic carbocycles. The number of benzene rings is 2. The lowest BCUT2D eigenvalue weighted by molar-refractivity contribution is -0.138. The Hall–Kier alpha value is -3.34. The van der Waals surface area contributed by atoms with Gasteiger partial charge in [0.25, 0.3) is 5.91 Å². The van der Waals surface area contributed by atoms with Crippen molar-refractivity contribution in [2.75, 3.05) is 0 Å². The number of nitriles is 1. The maximum atomic E-state index is 13.0. The zero-order valence-electron chi connectivity index (χ0n) is 14.2. The van der Waals surface area contributed by atoms with E-state index < -0.39 is 29.2 Å². The predicted molar refractivity (Wildman–Crippen MR) is 89.0 cm³/mol. The summed E-state index contributed by atoms with van der Waals surface area (Å²) in [6, 6.07) is 12.0. The van der Waals surface area contributed by atoms with E-state index >= 15 is 0 Å². The highest BCUT2D eigenvalue weighted by Crippen LogP contribution is 2.35. The molecule has 138 valence electrons. The van der Waals surface area contributed by atoms with Crippen molar-refractivity contribution in [2.24, 2.45) is 0 Å². The maximum absolute atomic E-state index is 13.0. The minimum absolute atomic E-state index is 0.0507. The van der Waals surface area contributed by atoms with E-state index in [0.717, 1.165) is 17.0 Å². The molecule has 1 atom stereocenters. The summed E-state index contributed by atoms with van der Waals surface area (Å²) in [5.74, 6) is -0.642. The van der Waals surface area contributed by atoms with Crippen molar-refractivity contribution in [1.29, 1.82) is 5.26 Å². The molecule has 0 spiro atoms. The molecule has 1 aliphatic heterocycles. The first-order chi connectivity index (χ1) is 12.6. The van der Waals surface area contributed by atoms with Crippen molar-refractivity contribution in [2.45, 2.75) is 25.2 Å². The van der Waals surface area contributed by atoms with Crippen LogP contribution in [0.2, 0.25) is 0 Å². The van der Waals surface area contributed by atoms with Gasteiger partial charge in [-0.25, -0.2) is 4.79 Å². The molecule has 0 aromatic heterocycles. The fourth-order valence-corrected chi connectivity index (χ4v) is 2.91. The maximum Gasteiger partial charge on any atom is 0.416 e. The summed E-state index contributed by atoms with van der Waals surface area (Å²) in [6.45, 7) is 1.33. The average Bonchev–Trinajstić information content (AvgIpc) is 2.86. The van der Waals surface area contributed by atoms with Gasteiger partial charge in [0.05, 0.1) is 23.7 Å². The Bertz CT molecular complexity index is 948. The molecule has 0 unspecified atom stereocenters. The van der Waals surface area contributed by atoms with Gasteiger partial charge < -0.3 is 5.32 Å². The molecule has 1 N–H and O–H groups in total. The third-order valence-electron chi connectivity index (χ3n) is 4.47. The lowest BCUT2D eigenvalue weighted by Crippen LogP contribution is -2.41. The molecule has 0 aliphatic carbocycles. The van der Waals surface area contributed by atoms with E-state index in [1.54, 1.807) is 24.3 Å². The van der Waals surface area contributed by atoms with Gasteiger partial charge in [-0.05, 0) is 42.3 Å². The Labute approximate surface area is 153 Å². The second-order valence-corrected chi connectivity index (χ2v) is 6.33. The number of rotatable bonds is 3. The fraction of sp³-hybridized carbons (Fsp3) is 0.211. The summed E-state index contributed by atoms with van der Waals surface area (Å²) < 4.78 is 38.9. The van der Waals surface area contributed by atoms with Gasteiger partial charge in [-0.3, -0.25) is 9.69 Å². The lowest BCUT2D eigenvalue weighted by atomic mass is 9.90. The standard InChI is InChI=1S/C19H14F3N3O2/c1-18(14-3-2-4-15(9-14)19(20,21)22)16(26)25(17(27)24-18)11-13-7-5-12(10-23)6-8-13/h2-9H,11H2,1H3,(H,24,27)/t18-/m1/s1. The smallest absolute Gasteiger partial charge is 0.319 e. The van der Waals surface area contributed by atoms with Crippen molar-refractivity contribution < 1.29 is 22.8 Å². The highest BCUT2D eigenvalue weighted by molar-refractivity contribution is 6.07. The first kappa shape index (κ1) is 18.5. The minimum atomic E-state index is -4.56. The molecule has 3 amide bonds. The van der Waals surface area contributed by atoms with Gasteiger partial charge in [0.2, 0.25) is 0 Å². The normalized spacial score (nSPS) is 19.7. The highest BCUT2D eigenvalue weighted by atomic mass is 19.4. The van der Waals surface area contributed by atoms with Crippen molar-refractivity contribution in [1.82, 2.24) is 10.2 Å². The van der Waals surface area contributed by atoms with Crippen LogP contribution in [-0.2, 0) is 23.1 Å². The van der Waals surface area contributed by atoms with Gasteiger partial charge in [0.1, 0.15) is 5.54 Å². The van der Waals surface area contributed by atoms with E-state index in [9.17, 15) is 22.8 Å². The van der Waals surface area contributed by atoms with E-state index in [2.05, 4.69) is 5.32 Å². The van der Waals surface area contributed by atoms with Crippen molar-refractivity contribution in [3.8, 4) is 6.07 Å². The third-order valence-corrected chi connectivity index (χ3v) is 4.47. The first-order valence-corrected chi connectivity index (χ1v) is 7.96. The van der Waals surface area contributed by atoms with E-state index in [1.807, 2.05) is 6.07 Å². The van der Waals surface area contributed by atoms with Crippen molar-refractivity contribution in [3.05, 3.63) is 70.8 Å². The molecule has 0 bridgehead atoms. The molecule has 1 saturated heterocycles. The average molecular weight is 373 g/mol. The zero-order chi connectivity index (χ0) is 19.8. The molecule has 5 nitrogen and oxygen atoms in total. The van der Waals surface area contributed by atoms with Gasteiger partial charge in [-0.15, -0.1) is 0 Å². The number of hydrogen-bond acceptors (Lipinski definition) is 3. The number of alkyl halides is 3. The van der Waals surface area contributed by atoms with Gasteiger partial charge >= 0.3 is 12.2 Å². The number of carbonyl (C=O) groups excluding carboxylic acids is 2. The molecular formula is C19H14F3N3O2. The third kappa shape index (κ3) is 3.36. The van der Waals surface area contributed by atoms with Gasteiger partial charge in [0, 0.05) is 0 Å². The monoisotopic (exact) mass is 373 g/mol. The topological polar surface area (TPSA) is 73.2 Å². The van der Waals surface area contributed by atoms with Crippen LogP contribution in [0, 0.1) is 11.3 Å². The number of imide groups is 1. The second kappa shape index (κ2) is 6.43. The number of urea groups is 1. The van der Waals surface area contributed by atoms with Gasteiger partial charge in [0.15, 0.2) is 0 Å². The van der Waals surface area contributed by atoms with Gasteiger partial charge in [-0.2, -0.15) is 18.4 Å². The molecular weight excluding hydrogens is 359 g/mol. The van der Waals surface area contributed by atoms with E-state index in [-0.39, 0.29) is 12.1 Å². The quantitative estimate of drug-likeness (QED) is 0.837. The number of amides is 3. The van der Waals surface area contributed by atoms with E-state index in [0.29, 0.717) is 11.1 Å². The number of carbonyl (C=O) groups is 2. The largest absolute Gasteiger partial charge is 0.416 e. The Morgan fingerprint density at radius 1 is 1.15 bits per heavy atom. The SMILES string of the molecule is C[C@]1(c2cccc(C(F)(F)F)c2)NC(=O)N(Cc2ccc(C#N)cc2)C1=O. The van der Waals surface area contributed by atoms with Crippen LogP contribution in [0.5, 0.6) is 0 Å². The summed E-state index contributed by atoms with van der Waals surface area (Å²) in [5, 5.41) is 11.3. The molecule has 3 rings (SSSR count). The van der Waals surface area contributed by atoms with Crippen LogP contribution in [0.25, 0.3) is 0 Å². The molecule has 2 aromatic rings. The van der Waals surface area contributed by atoms with Crippen LogP contribution in [0.3, 0.4) is 0 Å². The minimum Gasteiger partial charge on any atom is -0.319 e. The summed E-state index contributed by atoms with van der Waals surface area (Å²) in [6.07, 6.45) is -4.56. The van der Waals surface area contributed by atoms with Gasteiger partial charge in [-0.1, -0.05) is 24.3 Å². The Kier molecular flexibility index (Phi) is 4.39. The van der Waals surface area contributed by atoms with Crippen LogP contribution in [-0.4, -0.2) is 16.8 Å². The molecule has 1 aliphatic rings. The number of nitrogens with zero attached hydrogens (tertiary/aromatic N) is 2. The molecule has 8 heteroatoms. The Morgan fingerprint density at radius 2 is 1.81 bits per heavy atom. The first-order valence-electron chi connectivity index (χ1n) is 7.96. The molecule has 1 fully saturated rings. The molecule has 0 saturated carbocycles. The van der Waals surface area contributed by atoms with Crippen LogP contribution in [0.4, 0.5) is 18.0 Å². The summed E-state index contributed by atoms with van der Waals surface area (Å²) in [5.41, 5.74) is -1.38. The Balaban J connectivity index is 1.89.